The number of nitrogens with zero attached hydrogens (tertiary/aromatic N) is 1. The number of rotatable bonds is 5. The molecule has 2 aliphatic carbocycles. The van der Waals surface area contributed by atoms with Crippen molar-refractivity contribution >= 4 is 6.03 Å². The number of hydrogen-bond acceptors (Lipinski definition) is 1. The summed E-state index contributed by atoms with van der Waals surface area (Å²) in [7, 11) is 0. The van der Waals surface area contributed by atoms with E-state index in [4.69, 9.17) is 0 Å². The van der Waals surface area contributed by atoms with Crippen LogP contribution in [0.3, 0.4) is 0 Å². The molecule has 3 nitrogen and oxygen atoms in total. The maximum absolute atomic E-state index is 13.0. The summed E-state index contributed by atoms with van der Waals surface area (Å²) in [6.07, 6.45) is 4.51. The van der Waals surface area contributed by atoms with Gasteiger partial charge in [-0.2, -0.15) is 0 Å². The SMILES string of the molecule is CCN(C(=O)NC(c1ccc(F)cc1)C1CC1)C1CC1. The van der Waals surface area contributed by atoms with Crippen LogP contribution in [-0.2, 0) is 0 Å². The second-order valence-electron chi connectivity index (χ2n) is 5.83. The third kappa shape index (κ3) is 2.94. The number of benzene rings is 1. The number of carbonyl (C=O) groups is 1. The molecule has 2 fully saturated rings. The summed E-state index contributed by atoms with van der Waals surface area (Å²) in [5, 5.41) is 3.15. The smallest absolute Gasteiger partial charge is 0.318 e. The predicted octanol–water partition coefficient (Wildman–Crippen LogP) is 3.47. The van der Waals surface area contributed by atoms with E-state index in [1.165, 1.54) is 12.1 Å². The van der Waals surface area contributed by atoms with Crippen LogP contribution in [0.5, 0.6) is 0 Å². The zero-order chi connectivity index (χ0) is 14.1. The highest BCUT2D eigenvalue weighted by atomic mass is 19.1. The molecular weight excluding hydrogens is 255 g/mol. The van der Waals surface area contributed by atoms with Crippen LogP contribution < -0.4 is 5.32 Å². The summed E-state index contributed by atoms with van der Waals surface area (Å²) in [5.41, 5.74) is 1.01. The Balaban J connectivity index is 1.71. The van der Waals surface area contributed by atoms with Crippen LogP contribution in [0.2, 0.25) is 0 Å². The van der Waals surface area contributed by atoms with Crippen LogP contribution in [0, 0.1) is 11.7 Å². The van der Waals surface area contributed by atoms with Gasteiger partial charge in [-0.3, -0.25) is 0 Å². The first kappa shape index (κ1) is 13.4. The summed E-state index contributed by atoms with van der Waals surface area (Å²) in [6.45, 7) is 2.76. The minimum atomic E-state index is -0.234. The van der Waals surface area contributed by atoms with Gasteiger partial charge in [-0.15, -0.1) is 0 Å². The number of hydrogen-bond donors (Lipinski definition) is 1. The zero-order valence-corrected chi connectivity index (χ0v) is 11.8. The molecule has 1 unspecified atom stereocenters. The fourth-order valence-electron chi connectivity index (χ4n) is 2.74. The van der Waals surface area contributed by atoms with Crippen LogP contribution in [-0.4, -0.2) is 23.5 Å². The quantitative estimate of drug-likeness (QED) is 0.877. The molecule has 0 aromatic heterocycles. The van der Waals surface area contributed by atoms with Gasteiger partial charge in [0.1, 0.15) is 5.82 Å². The molecule has 1 aromatic carbocycles. The molecule has 0 heterocycles. The Kier molecular flexibility index (Phi) is 3.64. The molecule has 0 bridgehead atoms. The van der Waals surface area contributed by atoms with Gasteiger partial charge in [-0.1, -0.05) is 12.1 Å². The first-order valence-electron chi connectivity index (χ1n) is 7.51. The van der Waals surface area contributed by atoms with Gasteiger partial charge in [0, 0.05) is 12.6 Å². The van der Waals surface area contributed by atoms with E-state index in [1.807, 2.05) is 11.8 Å². The first-order valence-corrected chi connectivity index (χ1v) is 7.51. The van der Waals surface area contributed by atoms with Gasteiger partial charge in [0.25, 0.3) is 0 Å². The third-order valence-corrected chi connectivity index (χ3v) is 4.19. The lowest BCUT2D eigenvalue weighted by atomic mass is 10.0. The van der Waals surface area contributed by atoms with E-state index in [9.17, 15) is 9.18 Å². The standard InChI is InChI=1S/C16H21FN2O/c1-2-19(14-9-10-14)16(20)18-15(11-3-4-11)12-5-7-13(17)8-6-12/h5-8,11,14-15H,2-4,9-10H2,1H3,(H,18,20). The first-order chi connectivity index (χ1) is 9.69. The van der Waals surface area contributed by atoms with Gasteiger partial charge in [0.05, 0.1) is 6.04 Å². The summed E-state index contributed by atoms with van der Waals surface area (Å²) in [6, 6.07) is 6.98. The van der Waals surface area contributed by atoms with Crippen molar-refractivity contribution in [3.63, 3.8) is 0 Å². The Bertz CT molecular complexity index is 480. The maximum atomic E-state index is 13.0. The Labute approximate surface area is 119 Å². The molecule has 3 rings (SSSR count). The average Bonchev–Trinajstić information content (AvgIpc) is 3.30. The Hall–Kier alpha value is -1.58. The Morgan fingerprint density at radius 3 is 2.45 bits per heavy atom. The van der Waals surface area contributed by atoms with E-state index >= 15 is 0 Å². The highest BCUT2D eigenvalue weighted by Crippen LogP contribution is 2.41. The van der Waals surface area contributed by atoms with Crippen LogP contribution in [0.25, 0.3) is 0 Å². The number of urea groups is 1. The lowest BCUT2D eigenvalue weighted by molar-refractivity contribution is 0.192. The molecule has 1 aromatic rings. The van der Waals surface area contributed by atoms with Crippen molar-refractivity contribution in [3.05, 3.63) is 35.6 Å². The minimum absolute atomic E-state index is 0.0240. The molecule has 1 atom stereocenters. The lowest BCUT2D eigenvalue weighted by Crippen LogP contribution is -2.43. The molecule has 20 heavy (non-hydrogen) atoms. The summed E-state index contributed by atoms with van der Waals surface area (Å²) < 4.78 is 13.0. The van der Waals surface area contributed by atoms with E-state index < -0.39 is 0 Å². The van der Waals surface area contributed by atoms with Crippen LogP contribution in [0.15, 0.2) is 24.3 Å². The molecule has 4 heteroatoms. The molecule has 2 saturated carbocycles. The average molecular weight is 276 g/mol. The van der Waals surface area contributed by atoms with E-state index in [-0.39, 0.29) is 17.9 Å². The topological polar surface area (TPSA) is 32.3 Å². The molecule has 2 amide bonds. The highest BCUT2D eigenvalue weighted by molar-refractivity contribution is 5.75. The van der Waals surface area contributed by atoms with Gasteiger partial charge in [0.15, 0.2) is 0 Å². The highest BCUT2D eigenvalue weighted by Gasteiger charge is 2.37. The second kappa shape index (κ2) is 5.43. The molecule has 0 spiro atoms. The van der Waals surface area contributed by atoms with Crippen molar-refractivity contribution in [2.45, 2.75) is 44.7 Å². The Morgan fingerprint density at radius 2 is 1.95 bits per heavy atom. The van der Waals surface area contributed by atoms with E-state index in [2.05, 4.69) is 5.32 Å². The maximum Gasteiger partial charge on any atom is 0.318 e. The summed E-state index contributed by atoms with van der Waals surface area (Å²) >= 11 is 0. The minimum Gasteiger partial charge on any atom is -0.331 e. The van der Waals surface area contributed by atoms with Crippen molar-refractivity contribution in [3.8, 4) is 0 Å². The van der Waals surface area contributed by atoms with Gasteiger partial charge in [-0.05, 0) is 56.2 Å². The largest absolute Gasteiger partial charge is 0.331 e. The van der Waals surface area contributed by atoms with Gasteiger partial charge in [-0.25, -0.2) is 9.18 Å². The molecule has 1 N–H and O–H groups in total. The fraction of sp³-hybridized carbons (Fsp3) is 0.562. The van der Waals surface area contributed by atoms with Gasteiger partial charge in [0.2, 0.25) is 0 Å². The van der Waals surface area contributed by atoms with Crippen LogP contribution in [0.4, 0.5) is 9.18 Å². The second-order valence-corrected chi connectivity index (χ2v) is 5.83. The van der Waals surface area contributed by atoms with E-state index in [0.29, 0.717) is 12.0 Å². The monoisotopic (exact) mass is 276 g/mol. The predicted molar refractivity (Wildman–Crippen MR) is 75.8 cm³/mol. The number of amides is 2. The number of nitrogens with one attached hydrogen (secondary N) is 1. The summed E-state index contributed by atoms with van der Waals surface area (Å²) in [4.78, 5) is 14.3. The van der Waals surface area contributed by atoms with E-state index in [0.717, 1.165) is 37.8 Å². The van der Waals surface area contributed by atoms with Crippen molar-refractivity contribution < 1.29 is 9.18 Å². The molecule has 0 radical (unpaired) electrons. The molecule has 0 aliphatic heterocycles. The Morgan fingerprint density at radius 1 is 1.30 bits per heavy atom. The van der Waals surface area contributed by atoms with Crippen LogP contribution >= 0.6 is 0 Å². The van der Waals surface area contributed by atoms with Crippen molar-refractivity contribution in [2.24, 2.45) is 5.92 Å². The number of halogens is 1. The van der Waals surface area contributed by atoms with Gasteiger partial charge < -0.3 is 10.2 Å². The molecular formula is C16H21FN2O. The molecule has 2 aliphatic rings. The number of carbonyl (C=O) groups excluding carboxylic acids is 1. The van der Waals surface area contributed by atoms with Crippen molar-refractivity contribution in [1.29, 1.82) is 0 Å². The van der Waals surface area contributed by atoms with Crippen molar-refractivity contribution in [2.75, 3.05) is 6.54 Å². The third-order valence-electron chi connectivity index (χ3n) is 4.19. The zero-order valence-electron chi connectivity index (χ0n) is 11.8. The molecule has 108 valence electrons. The van der Waals surface area contributed by atoms with E-state index in [1.54, 1.807) is 12.1 Å². The van der Waals surface area contributed by atoms with Crippen molar-refractivity contribution in [1.82, 2.24) is 10.2 Å². The normalized spacial score (nSPS) is 19.5. The molecule has 0 saturated heterocycles. The summed E-state index contributed by atoms with van der Waals surface area (Å²) in [5.74, 6) is 0.269. The van der Waals surface area contributed by atoms with Gasteiger partial charge >= 0.3 is 6.03 Å². The lowest BCUT2D eigenvalue weighted by Gasteiger charge is -2.26. The van der Waals surface area contributed by atoms with Crippen LogP contribution in [0.1, 0.15) is 44.2 Å². The fourth-order valence-corrected chi connectivity index (χ4v) is 2.74.